The van der Waals surface area contributed by atoms with E-state index in [1.165, 1.54) is 11.1 Å². The van der Waals surface area contributed by atoms with E-state index >= 15 is 0 Å². The molecule has 0 aliphatic rings. The number of rotatable bonds is 8. The Morgan fingerprint density at radius 2 is 1.78 bits per heavy atom. The predicted octanol–water partition coefficient (Wildman–Crippen LogP) is 1.87. The van der Waals surface area contributed by atoms with E-state index in [4.69, 9.17) is 14.6 Å². The molecule has 0 aliphatic carbocycles. The summed E-state index contributed by atoms with van der Waals surface area (Å²) in [5.41, 5.74) is 2.39. The maximum Gasteiger partial charge on any atom is 0.161 e. The quantitative estimate of drug-likeness (QED) is 0.695. The molecule has 0 atom stereocenters. The summed E-state index contributed by atoms with van der Waals surface area (Å²) < 4.78 is 10.5. The van der Waals surface area contributed by atoms with Gasteiger partial charge in [0.25, 0.3) is 0 Å². The van der Waals surface area contributed by atoms with Crippen LogP contribution in [-0.2, 0) is 6.54 Å². The van der Waals surface area contributed by atoms with Crippen molar-refractivity contribution in [3.63, 3.8) is 0 Å². The number of aliphatic hydroxyl groups excluding tert-OH is 1. The zero-order chi connectivity index (χ0) is 13.4. The van der Waals surface area contributed by atoms with Crippen LogP contribution in [0.4, 0.5) is 0 Å². The van der Waals surface area contributed by atoms with Crippen molar-refractivity contribution in [2.75, 3.05) is 27.4 Å². The van der Waals surface area contributed by atoms with Crippen LogP contribution in [-0.4, -0.2) is 32.5 Å². The Balaban J connectivity index is 2.59. The van der Waals surface area contributed by atoms with Crippen molar-refractivity contribution in [1.82, 2.24) is 5.32 Å². The van der Waals surface area contributed by atoms with Gasteiger partial charge in [-0.25, -0.2) is 0 Å². The zero-order valence-electron chi connectivity index (χ0n) is 11.5. The van der Waals surface area contributed by atoms with Crippen LogP contribution < -0.4 is 14.8 Å². The molecular weight excluding hydrogens is 230 g/mol. The molecule has 0 heterocycles. The number of aliphatic hydroxyl groups is 1. The second kappa shape index (κ2) is 7.95. The van der Waals surface area contributed by atoms with E-state index in [0.29, 0.717) is 0 Å². The molecule has 0 unspecified atom stereocenters. The van der Waals surface area contributed by atoms with Crippen molar-refractivity contribution < 1.29 is 14.6 Å². The van der Waals surface area contributed by atoms with Crippen molar-refractivity contribution in [2.24, 2.45) is 0 Å². The number of nitrogens with one attached hydrogen (secondary N) is 1. The highest BCUT2D eigenvalue weighted by atomic mass is 16.5. The highest BCUT2D eigenvalue weighted by Gasteiger charge is 2.07. The van der Waals surface area contributed by atoms with Gasteiger partial charge in [0.05, 0.1) is 14.2 Å². The molecule has 0 aliphatic heterocycles. The average Bonchev–Trinajstić information content (AvgIpc) is 2.39. The maximum atomic E-state index is 8.69. The lowest BCUT2D eigenvalue weighted by molar-refractivity contribution is 0.283. The summed E-state index contributed by atoms with van der Waals surface area (Å²) in [7, 11) is 3.29. The lowest BCUT2D eigenvalue weighted by atomic mass is 10.1. The van der Waals surface area contributed by atoms with E-state index in [2.05, 4.69) is 12.2 Å². The summed E-state index contributed by atoms with van der Waals surface area (Å²) in [6, 6.07) is 4.00. The summed E-state index contributed by atoms with van der Waals surface area (Å²) in [5.74, 6) is 1.52. The number of hydrogen-bond acceptors (Lipinski definition) is 4. The summed E-state index contributed by atoms with van der Waals surface area (Å²) in [5, 5.41) is 12.1. The van der Waals surface area contributed by atoms with Crippen LogP contribution in [0.5, 0.6) is 11.5 Å². The molecule has 1 aromatic carbocycles. The van der Waals surface area contributed by atoms with Gasteiger partial charge in [0.15, 0.2) is 11.5 Å². The Hall–Kier alpha value is -1.26. The fraction of sp³-hybridized carbons (Fsp3) is 0.571. The zero-order valence-corrected chi connectivity index (χ0v) is 11.5. The van der Waals surface area contributed by atoms with Crippen LogP contribution in [0.1, 0.15) is 24.0 Å². The molecule has 0 saturated heterocycles. The SMILES string of the molecule is COc1cc(C)c(CNCCCCO)cc1OC. The van der Waals surface area contributed by atoms with Gasteiger partial charge in [-0.3, -0.25) is 0 Å². The number of hydrogen-bond donors (Lipinski definition) is 2. The Kier molecular flexibility index (Phi) is 6.54. The van der Waals surface area contributed by atoms with Crippen LogP contribution in [0.25, 0.3) is 0 Å². The Bertz CT molecular complexity index is 366. The van der Waals surface area contributed by atoms with Crippen LogP contribution >= 0.6 is 0 Å². The molecule has 0 aromatic heterocycles. The van der Waals surface area contributed by atoms with Gasteiger partial charge in [-0.1, -0.05) is 0 Å². The molecule has 4 heteroatoms. The van der Waals surface area contributed by atoms with Crippen LogP contribution in [0.3, 0.4) is 0 Å². The second-order valence-corrected chi connectivity index (χ2v) is 4.24. The topological polar surface area (TPSA) is 50.7 Å². The van der Waals surface area contributed by atoms with E-state index in [-0.39, 0.29) is 6.61 Å². The van der Waals surface area contributed by atoms with E-state index in [9.17, 15) is 0 Å². The average molecular weight is 253 g/mol. The van der Waals surface area contributed by atoms with Gasteiger partial charge in [0.2, 0.25) is 0 Å². The monoisotopic (exact) mass is 253 g/mol. The Labute approximate surface area is 109 Å². The molecule has 18 heavy (non-hydrogen) atoms. The number of methoxy groups -OCH3 is 2. The van der Waals surface area contributed by atoms with E-state index < -0.39 is 0 Å². The summed E-state index contributed by atoms with van der Waals surface area (Å²) in [4.78, 5) is 0. The highest BCUT2D eigenvalue weighted by molar-refractivity contribution is 5.46. The standard InChI is InChI=1S/C14H23NO3/c1-11-8-13(17-2)14(18-3)9-12(11)10-15-6-4-5-7-16/h8-9,15-16H,4-7,10H2,1-3H3. The van der Waals surface area contributed by atoms with E-state index in [1.54, 1.807) is 14.2 Å². The van der Waals surface area contributed by atoms with Gasteiger partial charge in [-0.05, 0) is 49.6 Å². The lowest BCUT2D eigenvalue weighted by Crippen LogP contribution is -2.16. The van der Waals surface area contributed by atoms with Gasteiger partial charge >= 0.3 is 0 Å². The number of ether oxygens (including phenoxy) is 2. The van der Waals surface area contributed by atoms with Gasteiger partial charge < -0.3 is 19.9 Å². The minimum Gasteiger partial charge on any atom is -0.493 e. The van der Waals surface area contributed by atoms with Crippen molar-refractivity contribution in [3.05, 3.63) is 23.3 Å². The maximum absolute atomic E-state index is 8.69. The fourth-order valence-corrected chi connectivity index (χ4v) is 1.80. The molecular formula is C14H23NO3. The first-order valence-electron chi connectivity index (χ1n) is 6.26. The number of unbranched alkanes of at least 4 members (excludes halogenated alkanes) is 1. The molecule has 2 N–H and O–H groups in total. The minimum absolute atomic E-state index is 0.261. The lowest BCUT2D eigenvalue weighted by Gasteiger charge is -2.13. The predicted molar refractivity (Wildman–Crippen MR) is 72.3 cm³/mol. The van der Waals surface area contributed by atoms with E-state index in [0.717, 1.165) is 37.4 Å². The Morgan fingerprint density at radius 3 is 2.39 bits per heavy atom. The van der Waals surface area contributed by atoms with Gasteiger partial charge in [0.1, 0.15) is 0 Å². The van der Waals surface area contributed by atoms with Crippen molar-refractivity contribution in [2.45, 2.75) is 26.3 Å². The molecule has 1 aromatic rings. The molecule has 0 saturated carbocycles. The molecule has 0 fully saturated rings. The summed E-state index contributed by atoms with van der Waals surface area (Å²) in [6.07, 6.45) is 1.83. The minimum atomic E-state index is 0.261. The van der Waals surface area contributed by atoms with Gasteiger partial charge in [0, 0.05) is 13.2 Å². The molecule has 0 amide bonds. The molecule has 1 rings (SSSR count). The third-order valence-electron chi connectivity index (χ3n) is 2.92. The summed E-state index contributed by atoms with van der Waals surface area (Å²) >= 11 is 0. The van der Waals surface area contributed by atoms with Crippen molar-refractivity contribution >= 4 is 0 Å². The number of benzene rings is 1. The van der Waals surface area contributed by atoms with Crippen molar-refractivity contribution in [1.29, 1.82) is 0 Å². The Morgan fingerprint density at radius 1 is 1.11 bits per heavy atom. The first kappa shape index (κ1) is 14.8. The van der Waals surface area contributed by atoms with Crippen molar-refractivity contribution in [3.8, 4) is 11.5 Å². The summed E-state index contributed by atoms with van der Waals surface area (Å²) in [6.45, 7) is 4.04. The second-order valence-electron chi connectivity index (χ2n) is 4.24. The highest BCUT2D eigenvalue weighted by Crippen LogP contribution is 2.30. The number of aryl methyl sites for hydroxylation is 1. The van der Waals surface area contributed by atoms with Gasteiger partial charge in [-0.2, -0.15) is 0 Å². The van der Waals surface area contributed by atoms with Crippen LogP contribution in [0.2, 0.25) is 0 Å². The first-order valence-corrected chi connectivity index (χ1v) is 6.26. The van der Waals surface area contributed by atoms with Crippen LogP contribution in [0.15, 0.2) is 12.1 Å². The first-order chi connectivity index (χ1) is 8.72. The smallest absolute Gasteiger partial charge is 0.161 e. The normalized spacial score (nSPS) is 10.4. The third-order valence-corrected chi connectivity index (χ3v) is 2.92. The molecule has 0 spiro atoms. The fourth-order valence-electron chi connectivity index (χ4n) is 1.80. The largest absolute Gasteiger partial charge is 0.493 e. The molecule has 102 valence electrons. The van der Waals surface area contributed by atoms with E-state index in [1.807, 2.05) is 12.1 Å². The molecule has 4 nitrogen and oxygen atoms in total. The van der Waals surface area contributed by atoms with Crippen LogP contribution in [0, 0.1) is 6.92 Å². The third kappa shape index (κ3) is 4.20. The molecule has 0 radical (unpaired) electrons. The molecule has 0 bridgehead atoms. The van der Waals surface area contributed by atoms with Gasteiger partial charge in [-0.15, -0.1) is 0 Å².